The normalized spacial score (nSPS) is 14.0. The number of para-hydroxylation sites is 1. The Morgan fingerprint density at radius 3 is 2.66 bits per heavy atom. The van der Waals surface area contributed by atoms with Crippen LogP contribution in [-0.2, 0) is 17.8 Å². The van der Waals surface area contributed by atoms with Gasteiger partial charge in [-0.25, -0.2) is 0 Å². The Kier molecular flexibility index (Phi) is 5.62. The molecule has 2 heterocycles. The molecule has 0 bridgehead atoms. The van der Waals surface area contributed by atoms with E-state index in [9.17, 15) is 9.59 Å². The van der Waals surface area contributed by atoms with Gasteiger partial charge in [-0.05, 0) is 60.2 Å². The van der Waals surface area contributed by atoms with Gasteiger partial charge in [0.25, 0.3) is 11.8 Å². The SMILES string of the molecule is CC(Oc1ccccc1)C(=O)Nc1ccc2c(c1)CN(C(=O)c1cccs1)CC2. The minimum Gasteiger partial charge on any atom is -0.481 e. The Labute approximate surface area is 173 Å². The van der Waals surface area contributed by atoms with Crippen molar-refractivity contribution < 1.29 is 14.3 Å². The minimum atomic E-state index is -0.620. The lowest BCUT2D eigenvalue weighted by Crippen LogP contribution is -2.35. The van der Waals surface area contributed by atoms with E-state index in [0.717, 1.165) is 16.9 Å². The first-order valence-corrected chi connectivity index (χ1v) is 10.5. The van der Waals surface area contributed by atoms with Crippen LogP contribution >= 0.6 is 11.3 Å². The zero-order chi connectivity index (χ0) is 20.2. The first-order valence-electron chi connectivity index (χ1n) is 9.57. The quantitative estimate of drug-likeness (QED) is 0.685. The molecule has 1 atom stereocenters. The predicted molar refractivity (Wildman–Crippen MR) is 114 cm³/mol. The molecule has 4 rings (SSSR count). The number of fused-ring (bicyclic) bond motifs is 1. The lowest BCUT2D eigenvalue weighted by atomic mass is 9.99. The van der Waals surface area contributed by atoms with Crippen molar-refractivity contribution >= 4 is 28.8 Å². The average Bonchev–Trinajstić information content (AvgIpc) is 3.28. The van der Waals surface area contributed by atoms with Gasteiger partial charge >= 0.3 is 0 Å². The molecule has 148 valence electrons. The number of hydrogen-bond donors (Lipinski definition) is 1. The van der Waals surface area contributed by atoms with E-state index in [0.29, 0.717) is 24.5 Å². The molecule has 1 aliphatic heterocycles. The van der Waals surface area contributed by atoms with Gasteiger partial charge in [-0.1, -0.05) is 30.3 Å². The van der Waals surface area contributed by atoms with E-state index in [2.05, 4.69) is 5.32 Å². The molecule has 3 aromatic rings. The number of nitrogens with one attached hydrogen (secondary N) is 1. The maximum atomic E-state index is 12.6. The molecule has 6 heteroatoms. The van der Waals surface area contributed by atoms with Gasteiger partial charge < -0.3 is 15.0 Å². The number of hydrogen-bond acceptors (Lipinski definition) is 4. The van der Waals surface area contributed by atoms with Gasteiger partial charge in [0.2, 0.25) is 0 Å². The van der Waals surface area contributed by atoms with Gasteiger partial charge in [0.15, 0.2) is 6.10 Å². The minimum absolute atomic E-state index is 0.0602. The maximum absolute atomic E-state index is 12.6. The van der Waals surface area contributed by atoms with Crippen LogP contribution in [0.3, 0.4) is 0 Å². The Balaban J connectivity index is 1.42. The molecule has 5 nitrogen and oxygen atoms in total. The van der Waals surface area contributed by atoms with Crippen LogP contribution in [0.15, 0.2) is 66.0 Å². The number of thiophene rings is 1. The van der Waals surface area contributed by atoms with Gasteiger partial charge in [0.05, 0.1) is 4.88 Å². The Morgan fingerprint density at radius 2 is 1.90 bits per heavy atom. The molecular formula is C23H22N2O3S. The van der Waals surface area contributed by atoms with Crippen LogP contribution in [0, 0.1) is 0 Å². The van der Waals surface area contributed by atoms with Crippen molar-refractivity contribution in [2.75, 3.05) is 11.9 Å². The van der Waals surface area contributed by atoms with Gasteiger partial charge in [-0.15, -0.1) is 11.3 Å². The van der Waals surface area contributed by atoms with E-state index >= 15 is 0 Å². The van der Waals surface area contributed by atoms with Crippen LogP contribution in [-0.4, -0.2) is 29.4 Å². The van der Waals surface area contributed by atoms with E-state index in [-0.39, 0.29) is 11.8 Å². The second kappa shape index (κ2) is 8.49. The summed E-state index contributed by atoms with van der Waals surface area (Å²) in [5, 5.41) is 4.83. The summed E-state index contributed by atoms with van der Waals surface area (Å²) >= 11 is 1.46. The summed E-state index contributed by atoms with van der Waals surface area (Å²) in [6.45, 7) is 2.98. The molecule has 29 heavy (non-hydrogen) atoms. The molecular weight excluding hydrogens is 384 g/mol. The molecule has 0 aliphatic carbocycles. The lowest BCUT2D eigenvalue weighted by molar-refractivity contribution is -0.122. The van der Waals surface area contributed by atoms with Crippen molar-refractivity contribution in [3.63, 3.8) is 0 Å². The van der Waals surface area contributed by atoms with Crippen LogP contribution in [0.25, 0.3) is 0 Å². The number of rotatable bonds is 5. The number of ether oxygens (including phenoxy) is 1. The molecule has 1 unspecified atom stereocenters. The predicted octanol–water partition coefficient (Wildman–Crippen LogP) is 4.35. The lowest BCUT2D eigenvalue weighted by Gasteiger charge is -2.29. The standard InChI is InChI=1S/C23H22N2O3S/c1-16(28-20-6-3-2-4-7-20)22(26)24-19-10-9-17-11-12-25(15-18(17)14-19)23(27)21-8-5-13-29-21/h2-10,13-14,16H,11-12,15H2,1H3,(H,24,26). The molecule has 2 aromatic carbocycles. The van der Waals surface area contributed by atoms with Crippen molar-refractivity contribution in [2.24, 2.45) is 0 Å². The third-order valence-electron chi connectivity index (χ3n) is 4.93. The summed E-state index contributed by atoms with van der Waals surface area (Å²) in [5.41, 5.74) is 2.99. The van der Waals surface area contributed by atoms with Crippen molar-refractivity contribution in [1.29, 1.82) is 0 Å². The van der Waals surface area contributed by atoms with Crippen molar-refractivity contribution in [3.8, 4) is 5.75 Å². The summed E-state index contributed by atoms with van der Waals surface area (Å²) in [6, 6.07) is 18.9. The smallest absolute Gasteiger partial charge is 0.265 e. The largest absolute Gasteiger partial charge is 0.481 e. The molecule has 0 fully saturated rings. The van der Waals surface area contributed by atoms with Crippen molar-refractivity contribution in [3.05, 3.63) is 82.0 Å². The maximum Gasteiger partial charge on any atom is 0.265 e. The van der Waals surface area contributed by atoms with Crippen LogP contribution in [0.2, 0.25) is 0 Å². The average molecular weight is 407 g/mol. The van der Waals surface area contributed by atoms with E-state index < -0.39 is 6.10 Å². The Hall–Kier alpha value is -3.12. The third-order valence-corrected chi connectivity index (χ3v) is 5.79. The first kappa shape index (κ1) is 19.2. The highest BCUT2D eigenvalue weighted by atomic mass is 32.1. The highest BCUT2D eigenvalue weighted by Crippen LogP contribution is 2.25. The molecule has 1 aromatic heterocycles. The number of nitrogens with zero attached hydrogens (tertiary/aromatic N) is 1. The fourth-order valence-corrected chi connectivity index (χ4v) is 4.06. The summed E-state index contributed by atoms with van der Waals surface area (Å²) in [4.78, 5) is 27.8. The van der Waals surface area contributed by atoms with Gasteiger partial charge in [-0.2, -0.15) is 0 Å². The van der Waals surface area contributed by atoms with Gasteiger partial charge in [0, 0.05) is 18.8 Å². The summed E-state index contributed by atoms with van der Waals surface area (Å²) in [6.07, 6.45) is 0.194. The molecule has 0 radical (unpaired) electrons. The number of carbonyl (C=O) groups is 2. The molecule has 1 N–H and O–H groups in total. The molecule has 0 spiro atoms. The highest BCUT2D eigenvalue weighted by Gasteiger charge is 2.23. The monoisotopic (exact) mass is 406 g/mol. The number of benzene rings is 2. The summed E-state index contributed by atoms with van der Waals surface area (Å²) in [5.74, 6) is 0.504. The second-order valence-electron chi connectivity index (χ2n) is 7.00. The molecule has 0 saturated heterocycles. The van der Waals surface area contributed by atoms with E-state index in [1.54, 1.807) is 6.92 Å². The van der Waals surface area contributed by atoms with Crippen molar-refractivity contribution in [1.82, 2.24) is 4.90 Å². The van der Waals surface area contributed by atoms with Crippen LogP contribution in [0.4, 0.5) is 5.69 Å². The zero-order valence-corrected chi connectivity index (χ0v) is 16.9. The fourth-order valence-electron chi connectivity index (χ4n) is 3.36. The first-order chi connectivity index (χ1) is 14.1. The molecule has 2 amide bonds. The van der Waals surface area contributed by atoms with Crippen molar-refractivity contribution in [2.45, 2.75) is 26.0 Å². The number of anilines is 1. The topological polar surface area (TPSA) is 58.6 Å². The zero-order valence-electron chi connectivity index (χ0n) is 16.1. The molecule has 1 aliphatic rings. The summed E-state index contributed by atoms with van der Waals surface area (Å²) in [7, 11) is 0. The van der Waals surface area contributed by atoms with E-state index in [4.69, 9.17) is 4.74 Å². The van der Waals surface area contributed by atoms with Crippen LogP contribution < -0.4 is 10.1 Å². The Morgan fingerprint density at radius 1 is 1.07 bits per heavy atom. The number of amides is 2. The Bertz CT molecular complexity index is 1000. The van der Waals surface area contributed by atoms with Crippen LogP contribution in [0.5, 0.6) is 5.75 Å². The van der Waals surface area contributed by atoms with Gasteiger partial charge in [0.1, 0.15) is 5.75 Å². The highest BCUT2D eigenvalue weighted by molar-refractivity contribution is 7.12. The van der Waals surface area contributed by atoms with Crippen LogP contribution in [0.1, 0.15) is 27.7 Å². The van der Waals surface area contributed by atoms with E-state index in [1.165, 1.54) is 16.9 Å². The van der Waals surface area contributed by atoms with E-state index in [1.807, 2.05) is 70.9 Å². The second-order valence-corrected chi connectivity index (χ2v) is 7.95. The summed E-state index contributed by atoms with van der Waals surface area (Å²) < 4.78 is 5.69. The number of carbonyl (C=O) groups excluding carboxylic acids is 2. The third kappa shape index (κ3) is 4.49. The molecule has 0 saturated carbocycles. The van der Waals surface area contributed by atoms with Gasteiger partial charge in [-0.3, -0.25) is 9.59 Å². The fraction of sp³-hybridized carbons (Fsp3) is 0.217.